The van der Waals surface area contributed by atoms with Crippen molar-refractivity contribution in [1.29, 1.82) is 0 Å². The minimum Gasteiger partial charge on any atom is -0.495 e. The van der Waals surface area contributed by atoms with Crippen molar-refractivity contribution in [3.8, 4) is 5.75 Å². The van der Waals surface area contributed by atoms with Crippen molar-refractivity contribution in [3.05, 3.63) is 40.6 Å². The Labute approximate surface area is 174 Å². The van der Waals surface area contributed by atoms with Crippen LogP contribution in [0.5, 0.6) is 5.75 Å². The van der Waals surface area contributed by atoms with Crippen molar-refractivity contribution in [1.82, 2.24) is 15.2 Å². The number of hydrogen-bond donors (Lipinski definition) is 2. The summed E-state index contributed by atoms with van der Waals surface area (Å²) in [6.07, 6.45) is 1.98. The number of hydrogen-bond acceptors (Lipinski definition) is 5. The maximum atomic E-state index is 12.7. The van der Waals surface area contributed by atoms with Gasteiger partial charge in [0.25, 0.3) is 5.91 Å². The molecule has 0 radical (unpaired) electrons. The number of nitrogens with one attached hydrogen (secondary N) is 2. The van der Waals surface area contributed by atoms with E-state index in [1.54, 1.807) is 30.0 Å². The van der Waals surface area contributed by atoms with Gasteiger partial charge in [-0.05, 0) is 43.9 Å². The number of rotatable bonds is 5. The van der Waals surface area contributed by atoms with Gasteiger partial charge in [-0.15, -0.1) is 0 Å². The first-order valence-corrected chi connectivity index (χ1v) is 9.89. The molecule has 0 bridgehead atoms. The zero-order valence-corrected chi connectivity index (χ0v) is 17.5. The van der Waals surface area contributed by atoms with Gasteiger partial charge in [0, 0.05) is 18.1 Å². The third kappa shape index (κ3) is 5.20. The summed E-state index contributed by atoms with van der Waals surface area (Å²) >= 11 is 5.96. The second kappa shape index (κ2) is 9.17. The topological polar surface area (TPSA) is 96.7 Å². The van der Waals surface area contributed by atoms with E-state index >= 15 is 0 Å². The van der Waals surface area contributed by atoms with E-state index in [1.807, 2.05) is 0 Å². The van der Waals surface area contributed by atoms with Crippen molar-refractivity contribution in [2.24, 2.45) is 5.92 Å². The van der Waals surface area contributed by atoms with Gasteiger partial charge in [0.05, 0.1) is 19.3 Å². The molecule has 0 aliphatic carbocycles. The van der Waals surface area contributed by atoms with Crippen LogP contribution in [-0.4, -0.2) is 42.0 Å². The molecule has 29 heavy (non-hydrogen) atoms. The number of benzene rings is 1. The van der Waals surface area contributed by atoms with E-state index in [0.717, 1.165) is 25.9 Å². The lowest BCUT2D eigenvalue weighted by Crippen LogP contribution is -2.38. The zero-order chi connectivity index (χ0) is 21.0. The molecule has 156 valence electrons. The highest BCUT2D eigenvalue weighted by Gasteiger charge is 2.26. The van der Waals surface area contributed by atoms with Gasteiger partial charge in [-0.3, -0.25) is 4.79 Å². The Morgan fingerprint density at radius 1 is 1.34 bits per heavy atom. The number of oxazole rings is 1. The summed E-state index contributed by atoms with van der Waals surface area (Å²) in [5.74, 6) is 1.71. The van der Waals surface area contributed by atoms with Crippen molar-refractivity contribution < 1.29 is 18.7 Å². The predicted octanol–water partition coefficient (Wildman–Crippen LogP) is 3.84. The molecule has 8 nitrogen and oxygen atoms in total. The minimum absolute atomic E-state index is 0.0415. The summed E-state index contributed by atoms with van der Waals surface area (Å²) < 4.78 is 10.8. The fourth-order valence-corrected chi connectivity index (χ4v) is 3.36. The van der Waals surface area contributed by atoms with E-state index < -0.39 is 6.03 Å². The second-order valence-corrected chi connectivity index (χ2v) is 7.58. The summed E-state index contributed by atoms with van der Waals surface area (Å²) in [4.78, 5) is 31.0. The van der Waals surface area contributed by atoms with Gasteiger partial charge in [-0.1, -0.05) is 18.5 Å². The molecular weight excluding hydrogens is 396 g/mol. The smallest absolute Gasteiger partial charge is 0.319 e. The Bertz CT molecular complexity index is 891. The first kappa shape index (κ1) is 21.0. The molecule has 2 aromatic rings. The van der Waals surface area contributed by atoms with Crippen molar-refractivity contribution >= 4 is 29.2 Å². The van der Waals surface area contributed by atoms with Crippen LogP contribution in [0, 0.1) is 12.8 Å². The van der Waals surface area contributed by atoms with Crippen molar-refractivity contribution in [3.63, 3.8) is 0 Å². The average Bonchev–Trinajstić information content (AvgIpc) is 3.07. The number of amides is 3. The SMILES string of the molecule is COc1ccc(Cl)cc1NC(=O)NCc1nc(C(=O)N2CCC(C)CC2)c(C)o1. The predicted molar refractivity (Wildman–Crippen MR) is 109 cm³/mol. The number of methoxy groups -OCH3 is 1. The van der Waals surface area contributed by atoms with Crippen LogP contribution in [0.4, 0.5) is 10.5 Å². The fraction of sp³-hybridized carbons (Fsp3) is 0.450. The lowest BCUT2D eigenvalue weighted by Gasteiger charge is -2.29. The largest absolute Gasteiger partial charge is 0.495 e. The highest BCUT2D eigenvalue weighted by molar-refractivity contribution is 6.31. The van der Waals surface area contributed by atoms with Gasteiger partial charge in [0.15, 0.2) is 5.69 Å². The summed E-state index contributed by atoms with van der Waals surface area (Å²) in [5.41, 5.74) is 0.740. The molecule has 0 unspecified atom stereocenters. The van der Waals surface area contributed by atoms with E-state index in [2.05, 4.69) is 22.5 Å². The lowest BCUT2D eigenvalue weighted by atomic mass is 9.99. The first-order valence-electron chi connectivity index (χ1n) is 9.51. The molecule has 2 heterocycles. The Kier molecular flexibility index (Phi) is 6.64. The number of urea groups is 1. The molecule has 1 fully saturated rings. The van der Waals surface area contributed by atoms with Gasteiger partial charge in [0.2, 0.25) is 5.89 Å². The van der Waals surface area contributed by atoms with Gasteiger partial charge < -0.3 is 24.7 Å². The first-order chi connectivity index (χ1) is 13.9. The number of likely N-dealkylation sites (tertiary alicyclic amines) is 1. The van der Waals surface area contributed by atoms with Crippen LogP contribution in [0.2, 0.25) is 5.02 Å². The Morgan fingerprint density at radius 2 is 2.07 bits per heavy atom. The number of piperidine rings is 1. The molecule has 3 rings (SSSR count). The maximum absolute atomic E-state index is 12.7. The minimum atomic E-state index is -0.473. The number of halogens is 1. The molecule has 0 saturated carbocycles. The van der Waals surface area contributed by atoms with Crippen LogP contribution in [0.15, 0.2) is 22.6 Å². The molecule has 1 aliphatic rings. The van der Waals surface area contributed by atoms with E-state index in [9.17, 15) is 9.59 Å². The molecule has 2 N–H and O–H groups in total. The van der Waals surface area contributed by atoms with E-state index in [0.29, 0.717) is 33.8 Å². The Morgan fingerprint density at radius 3 is 2.76 bits per heavy atom. The van der Waals surface area contributed by atoms with Crippen LogP contribution >= 0.6 is 11.6 Å². The number of nitrogens with zero attached hydrogens (tertiary/aromatic N) is 2. The van der Waals surface area contributed by atoms with Gasteiger partial charge in [0.1, 0.15) is 11.5 Å². The Balaban J connectivity index is 1.59. The fourth-order valence-electron chi connectivity index (χ4n) is 3.19. The average molecular weight is 421 g/mol. The van der Waals surface area contributed by atoms with Gasteiger partial charge >= 0.3 is 6.03 Å². The van der Waals surface area contributed by atoms with Crippen molar-refractivity contribution in [2.75, 3.05) is 25.5 Å². The molecule has 3 amide bonds. The summed E-state index contributed by atoms with van der Waals surface area (Å²) in [6.45, 7) is 5.39. The van der Waals surface area contributed by atoms with Crippen LogP contribution in [0.3, 0.4) is 0 Å². The quantitative estimate of drug-likeness (QED) is 0.766. The van der Waals surface area contributed by atoms with E-state index in [4.69, 9.17) is 20.8 Å². The molecule has 0 atom stereocenters. The van der Waals surface area contributed by atoms with Crippen LogP contribution in [0.25, 0.3) is 0 Å². The van der Waals surface area contributed by atoms with Crippen LogP contribution < -0.4 is 15.4 Å². The highest BCUT2D eigenvalue weighted by atomic mass is 35.5. The lowest BCUT2D eigenvalue weighted by molar-refractivity contribution is 0.0690. The third-order valence-electron chi connectivity index (χ3n) is 4.92. The number of carbonyl (C=O) groups is 2. The summed E-state index contributed by atoms with van der Waals surface area (Å²) in [6, 6.07) is 4.44. The second-order valence-electron chi connectivity index (χ2n) is 7.14. The molecule has 1 aromatic heterocycles. The molecule has 1 saturated heterocycles. The van der Waals surface area contributed by atoms with Crippen molar-refractivity contribution in [2.45, 2.75) is 33.2 Å². The maximum Gasteiger partial charge on any atom is 0.319 e. The van der Waals surface area contributed by atoms with Gasteiger partial charge in [-0.25, -0.2) is 9.78 Å². The summed E-state index contributed by atoms with van der Waals surface area (Å²) in [5, 5.41) is 5.79. The number of ether oxygens (including phenoxy) is 1. The molecular formula is C20H25ClN4O4. The Hall–Kier alpha value is -2.74. The highest BCUT2D eigenvalue weighted by Crippen LogP contribution is 2.27. The number of aryl methyl sites for hydroxylation is 1. The molecule has 0 spiro atoms. The van der Waals surface area contributed by atoms with E-state index in [1.165, 1.54) is 7.11 Å². The molecule has 9 heteroatoms. The normalized spacial score (nSPS) is 14.6. The zero-order valence-electron chi connectivity index (χ0n) is 16.8. The number of anilines is 1. The summed E-state index contributed by atoms with van der Waals surface area (Å²) in [7, 11) is 1.50. The molecule has 1 aromatic carbocycles. The van der Waals surface area contributed by atoms with Gasteiger partial charge in [-0.2, -0.15) is 0 Å². The monoisotopic (exact) mass is 420 g/mol. The number of aromatic nitrogens is 1. The molecule has 1 aliphatic heterocycles. The number of carbonyl (C=O) groups excluding carboxylic acids is 2. The van der Waals surface area contributed by atoms with Crippen LogP contribution in [-0.2, 0) is 6.54 Å². The van der Waals surface area contributed by atoms with E-state index in [-0.39, 0.29) is 18.3 Å². The van der Waals surface area contributed by atoms with Crippen LogP contribution in [0.1, 0.15) is 41.9 Å². The third-order valence-corrected chi connectivity index (χ3v) is 5.16. The standard InChI is InChI=1S/C20H25ClN4O4/c1-12-6-8-25(9-7-12)19(26)18-13(2)29-17(24-18)11-22-20(27)23-15-10-14(21)4-5-16(15)28-3/h4-5,10,12H,6-9,11H2,1-3H3,(H2,22,23,27).